The number of aldehydes is 1. The molecule has 5 rings (SSSR count). The van der Waals surface area contributed by atoms with Crippen molar-refractivity contribution >= 4 is 35.6 Å². The molecule has 2 atom stereocenters. The quantitative estimate of drug-likeness (QED) is 0.180. The fourth-order valence-electron chi connectivity index (χ4n) is 6.70. The Morgan fingerprint density at radius 1 is 1.11 bits per heavy atom. The van der Waals surface area contributed by atoms with Gasteiger partial charge in [-0.15, -0.1) is 0 Å². The molecule has 1 aromatic carbocycles. The van der Waals surface area contributed by atoms with Crippen molar-refractivity contribution < 1.29 is 28.6 Å². The predicted octanol–water partition coefficient (Wildman–Crippen LogP) is 6.37. The third-order valence-electron chi connectivity index (χ3n) is 9.17. The Morgan fingerprint density at radius 3 is 2.47 bits per heavy atom. The first-order valence-electron chi connectivity index (χ1n) is 18.4. The number of hydrogen-bond donors (Lipinski definition) is 3. The van der Waals surface area contributed by atoms with E-state index in [1.54, 1.807) is 35.0 Å². The molecule has 1 fully saturated rings. The third kappa shape index (κ3) is 13.1. The topological polar surface area (TPSA) is 138 Å². The molecular weight excluding hydrogens is 672 g/mol. The summed E-state index contributed by atoms with van der Waals surface area (Å²) in [5.41, 5.74) is 10.1. The first-order chi connectivity index (χ1) is 25.2. The highest BCUT2D eigenvalue weighted by atomic mass is 16.6. The van der Waals surface area contributed by atoms with Crippen molar-refractivity contribution in [3.05, 3.63) is 59.4 Å². The number of nitrogens with zero attached hydrogens (tertiary/aromatic N) is 3. The van der Waals surface area contributed by atoms with Crippen LogP contribution in [0.1, 0.15) is 83.7 Å². The lowest BCUT2D eigenvalue weighted by Gasteiger charge is -2.30. The average Bonchev–Trinajstić information content (AvgIpc) is 3.48. The van der Waals surface area contributed by atoms with Gasteiger partial charge in [-0.2, -0.15) is 0 Å². The highest BCUT2D eigenvalue weighted by molar-refractivity contribution is 5.93. The first kappa shape index (κ1) is 43.5. The van der Waals surface area contributed by atoms with Crippen LogP contribution in [0, 0.1) is 5.41 Å². The summed E-state index contributed by atoms with van der Waals surface area (Å²) < 4.78 is 16.6. The Hall–Kier alpha value is -3.94. The normalized spacial score (nSPS) is 16.7. The third-order valence-corrected chi connectivity index (χ3v) is 9.17. The smallest absolute Gasteiger partial charge is 0.408 e. The van der Waals surface area contributed by atoms with E-state index in [4.69, 9.17) is 24.0 Å². The molecule has 4 heterocycles. The number of aromatic nitrogens is 2. The van der Waals surface area contributed by atoms with Gasteiger partial charge < -0.3 is 34.1 Å². The van der Waals surface area contributed by atoms with Crippen LogP contribution in [-0.2, 0) is 30.2 Å². The first-order valence-corrected chi connectivity index (χ1v) is 18.4. The minimum Gasteiger partial charge on any atom is -0.444 e. The fourth-order valence-corrected chi connectivity index (χ4v) is 6.70. The minimum absolute atomic E-state index is 0.101. The second kappa shape index (κ2) is 20.5. The van der Waals surface area contributed by atoms with Gasteiger partial charge in [-0.3, -0.25) is 15.3 Å². The van der Waals surface area contributed by atoms with Crippen LogP contribution in [0.4, 0.5) is 4.79 Å². The summed E-state index contributed by atoms with van der Waals surface area (Å²) in [4.78, 5) is 42.7. The number of nitrogens with one attached hydrogen (secondary N) is 3. The Balaban J connectivity index is 0.000000742. The number of ether oxygens (including phenoxy) is 3. The number of carbonyl (C=O) groups is 3. The minimum atomic E-state index is -0.656. The number of methoxy groups -OCH3 is 2. The lowest BCUT2D eigenvalue weighted by atomic mass is 9.84. The predicted molar refractivity (Wildman–Crippen MR) is 212 cm³/mol. The molecule has 12 nitrogen and oxygen atoms in total. The van der Waals surface area contributed by atoms with Gasteiger partial charge in [0.2, 0.25) is 0 Å². The van der Waals surface area contributed by atoms with Crippen molar-refractivity contribution in [1.82, 2.24) is 30.6 Å². The summed E-state index contributed by atoms with van der Waals surface area (Å²) in [7, 11) is 5.53. The number of aromatic amines is 1. The molecule has 1 amide bonds. The molecular formula is C41H62N6O6. The van der Waals surface area contributed by atoms with Gasteiger partial charge in [0.15, 0.2) is 0 Å². The van der Waals surface area contributed by atoms with Crippen molar-refractivity contribution in [2.75, 3.05) is 60.6 Å². The number of alkyl carbamates (subject to hydrolysis) is 1. The van der Waals surface area contributed by atoms with Crippen LogP contribution in [0.25, 0.3) is 27.7 Å². The molecule has 292 valence electrons. The Labute approximate surface area is 316 Å². The molecule has 0 saturated carbocycles. The molecule has 53 heavy (non-hydrogen) atoms. The van der Waals surface area contributed by atoms with E-state index in [0.717, 1.165) is 65.6 Å². The SMILES string of the molecule is C=O.CN1CCCCN1.COCC(C)(C)Cc1c(-c2cccnc2[C@H](C)OC)[nH]c2ccc(C3=CCCN(C[C@@H](C=O)NC(=O)OC(C)(C)C)C3)cc12. The maximum absolute atomic E-state index is 12.3. The van der Waals surface area contributed by atoms with E-state index in [2.05, 4.69) is 76.9 Å². The molecule has 0 aliphatic carbocycles. The number of hydrogen-bond acceptors (Lipinski definition) is 10. The second-order valence-electron chi connectivity index (χ2n) is 15.5. The van der Waals surface area contributed by atoms with Crippen molar-refractivity contribution in [3.8, 4) is 11.3 Å². The zero-order valence-corrected chi connectivity index (χ0v) is 33.3. The monoisotopic (exact) mass is 734 g/mol. The summed E-state index contributed by atoms with van der Waals surface area (Å²) in [6.07, 6.45) is 8.46. The maximum Gasteiger partial charge on any atom is 0.408 e. The molecule has 0 unspecified atom stereocenters. The van der Waals surface area contributed by atoms with E-state index in [1.807, 2.05) is 26.0 Å². The van der Waals surface area contributed by atoms with E-state index in [0.29, 0.717) is 19.7 Å². The molecule has 0 spiro atoms. The summed E-state index contributed by atoms with van der Waals surface area (Å²) in [5.74, 6) is 0. The van der Waals surface area contributed by atoms with Crippen molar-refractivity contribution in [2.45, 2.75) is 85.0 Å². The van der Waals surface area contributed by atoms with E-state index >= 15 is 0 Å². The van der Waals surface area contributed by atoms with Gasteiger partial charge in [-0.25, -0.2) is 9.80 Å². The number of H-pyrrole nitrogens is 1. The molecule has 2 aliphatic heterocycles. The largest absolute Gasteiger partial charge is 0.444 e. The maximum atomic E-state index is 12.3. The van der Waals surface area contributed by atoms with E-state index in [9.17, 15) is 9.59 Å². The molecule has 1 saturated heterocycles. The van der Waals surface area contributed by atoms with Crippen LogP contribution in [0.5, 0.6) is 0 Å². The standard InChI is InChI=1S/C35H48N4O5.C5H12N2.CH2O/c1-23(43-8)31-27(12-9-15-36-31)32-29(18-35(5,6)22-42-7)28-17-24(13-14-30(28)38-32)25-11-10-16-39(19-25)20-26(21-40)37-33(41)44-34(2,3)4;1-7-5-3-2-4-6-7;1-2/h9,11-15,17,21,23,26,38H,10,16,18-20,22H2,1-8H3,(H,37,41);6H,2-5H2,1H3;1H2/t23-,26-;;/m0../s1. The molecule has 2 aliphatic rings. The van der Waals surface area contributed by atoms with Crippen molar-refractivity contribution in [1.29, 1.82) is 0 Å². The van der Waals surface area contributed by atoms with E-state index in [1.165, 1.54) is 30.5 Å². The number of carbonyl (C=O) groups excluding carboxylic acids is 3. The van der Waals surface area contributed by atoms with Gasteiger partial charge in [-0.05, 0) is 99.8 Å². The summed E-state index contributed by atoms with van der Waals surface area (Å²) in [5, 5.41) is 6.01. The number of pyridine rings is 1. The van der Waals surface area contributed by atoms with E-state index in [-0.39, 0.29) is 11.5 Å². The van der Waals surface area contributed by atoms with E-state index < -0.39 is 17.7 Å². The number of hydrazine groups is 1. The summed E-state index contributed by atoms with van der Waals surface area (Å²) >= 11 is 0. The lowest BCUT2D eigenvalue weighted by Crippen LogP contribution is -2.47. The van der Waals surface area contributed by atoms with Gasteiger partial charge >= 0.3 is 6.09 Å². The lowest BCUT2D eigenvalue weighted by molar-refractivity contribution is -0.110. The Morgan fingerprint density at radius 2 is 1.87 bits per heavy atom. The number of rotatable bonds is 12. The fraction of sp³-hybridized carbons (Fsp3) is 0.561. The second-order valence-corrected chi connectivity index (χ2v) is 15.5. The average molecular weight is 735 g/mol. The van der Waals surface area contributed by atoms with Gasteiger partial charge in [0, 0.05) is 76.7 Å². The van der Waals surface area contributed by atoms with Crippen LogP contribution in [0.15, 0.2) is 42.6 Å². The zero-order valence-electron chi connectivity index (χ0n) is 33.3. The number of fused-ring (bicyclic) bond motifs is 1. The molecule has 3 N–H and O–H groups in total. The van der Waals surface area contributed by atoms with Gasteiger partial charge in [0.1, 0.15) is 24.7 Å². The van der Waals surface area contributed by atoms with Crippen LogP contribution < -0.4 is 10.7 Å². The van der Waals surface area contributed by atoms with Crippen LogP contribution >= 0.6 is 0 Å². The van der Waals surface area contributed by atoms with Gasteiger partial charge in [0.25, 0.3) is 0 Å². The van der Waals surface area contributed by atoms with Crippen molar-refractivity contribution in [2.24, 2.45) is 5.41 Å². The number of amides is 1. The van der Waals surface area contributed by atoms with Crippen LogP contribution in [-0.4, -0.2) is 111 Å². The molecule has 0 radical (unpaired) electrons. The Bertz CT molecular complexity index is 1640. The zero-order chi connectivity index (χ0) is 39.2. The molecule has 12 heteroatoms. The van der Waals surface area contributed by atoms with Crippen LogP contribution in [0.2, 0.25) is 0 Å². The number of benzene rings is 1. The summed E-state index contributed by atoms with van der Waals surface area (Å²) in [6, 6.07) is 9.99. The van der Waals surface area contributed by atoms with Gasteiger partial charge in [-0.1, -0.05) is 26.0 Å². The van der Waals surface area contributed by atoms with Gasteiger partial charge in [0.05, 0.1) is 24.1 Å². The Kier molecular flexibility index (Phi) is 16.8. The van der Waals surface area contributed by atoms with Crippen molar-refractivity contribution in [3.63, 3.8) is 0 Å². The molecule has 0 bridgehead atoms. The molecule has 2 aromatic heterocycles. The highest BCUT2D eigenvalue weighted by Crippen LogP contribution is 2.39. The molecule has 3 aromatic rings. The highest BCUT2D eigenvalue weighted by Gasteiger charge is 2.27. The van der Waals surface area contributed by atoms with Crippen LogP contribution in [0.3, 0.4) is 0 Å². The summed E-state index contributed by atoms with van der Waals surface area (Å²) in [6.45, 7) is 18.7.